The standard InChI is InChI=1S/C15H21Cl2N/c1-10-4-3-5-15(11(10)2)18-9-12-6-13(16)8-14(17)7-12/h6-8,10-11,15,18H,3-5,9H2,1-2H3. The van der Waals surface area contributed by atoms with Crippen molar-refractivity contribution < 1.29 is 0 Å². The van der Waals surface area contributed by atoms with Crippen LogP contribution < -0.4 is 5.32 Å². The van der Waals surface area contributed by atoms with Gasteiger partial charge in [-0.15, -0.1) is 0 Å². The van der Waals surface area contributed by atoms with Gasteiger partial charge in [0.25, 0.3) is 0 Å². The Morgan fingerprint density at radius 3 is 2.44 bits per heavy atom. The van der Waals surface area contributed by atoms with Crippen LogP contribution in [0, 0.1) is 11.8 Å². The first-order valence-corrected chi connectivity index (χ1v) is 7.50. The Bertz CT molecular complexity index is 385. The quantitative estimate of drug-likeness (QED) is 0.832. The second kappa shape index (κ2) is 6.27. The molecule has 1 aromatic rings. The van der Waals surface area contributed by atoms with Gasteiger partial charge in [-0.3, -0.25) is 0 Å². The van der Waals surface area contributed by atoms with E-state index < -0.39 is 0 Å². The van der Waals surface area contributed by atoms with Gasteiger partial charge < -0.3 is 5.32 Å². The smallest absolute Gasteiger partial charge is 0.0424 e. The molecule has 1 N–H and O–H groups in total. The van der Waals surface area contributed by atoms with Crippen LogP contribution in [0.15, 0.2) is 18.2 Å². The number of hydrogen-bond acceptors (Lipinski definition) is 1. The molecule has 0 aliphatic heterocycles. The van der Waals surface area contributed by atoms with E-state index in [-0.39, 0.29) is 0 Å². The van der Waals surface area contributed by atoms with Gasteiger partial charge >= 0.3 is 0 Å². The summed E-state index contributed by atoms with van der Waals surface area (Å²) in [5, 5.41) is 5.08. The summed E-state index contributed by atoms with van der Waals surface area (Å²) in [6, 6.07) is 6.36. The first kappa shape index (κ1) is 14.2. The van der Waals surface area contributed by atoms with Crippen molar-refractivity contribution in [2.75, 3.05) is 0 Å². The monoisotopic (exact) mass is 285 g/mol. The van der Waals surface area contributed by atoms with E-state index in [0.717, 1.165) is 23.9 Å². The number of hydrogen-bond donors (Lipinski definition) is 1. The molecule has 1 fully saturated rings. The predicted molar refractivity (Wildman–Crippen MR) is 79.3 cm³/mol. The van der Waals surface area contributed by atoms with E-state index in [1.54, 1.807) is 6.07 Å². The van der Waals surface area contributed by atoms with Crippen molar-refractivity contribution in [2.24, 2.45) is 11.8 Å². The molecule has 0 spiro atoms. The van der Waals surface area contributed by atoms with Crippen LogP contribution in [0.1, 0.15) is 38.7 Å². The van der Waals surface area contributed by atoms with E-state index in [1.807, 2.05) is 12.1 Å². The molecular formula is C15H21Cl2N. The van der Waals surface area contributed by atoms with Crippen molar-refractivity contribution in [2.45, 2.75) is 45.7 Å². The van der Waals surface area contributed by atoms with E-state index in [9.17, 15) is 0 Å². The average molecular weight is 286 g/mol. The fourth-order valence-corrected chi connectivity index (χ4v) is 3.40. The van der Waals surface area contributed by atoms with Gasteiger partial charge in [-0.25, -0.2) is 0 Å². The first-order valence-electron chi connectivity index (χ1n) is 6.74. The molecule has 2 rings (SSSR count). The van der Waals surface area contributed by atoms with Gasteiger partial charge in [0.05, 0.1) is 0 Å². The maximum Gasteiger partial charge on any atom is 0.0424 e. The molecule has 0 aromatic heterocycles. The van der Waals surface area contributed by atoms with Crippen LogP contribution in [0.3, 0.4) is 0 Å². The van der Waals surface area contributed by atoms with E-state index in [0.29, 0.717) is 16.1 Å². The third-order valence-corrected chi connectivity index (χ3v) is 4.63. The number of halogens is 2. The third-order valence-electron chi connectivity index (χ3n) is 4.20. The fraction of sp³-hybridized carbons (Fsp3) is 0.600. The second-order valence-corrected chi connectivity index (χ2v) is 6.41. The SMILES string of the molecule is CC1CCCC(NCc2cc(Cl)cc(Cl)c2)C1C. The second-order valence-electron chi connectivity index (χ2n) is 5.53. The topological polar surface area (TPSA) is 12.0 Å². The van der Waals surface area contributed by atoms with Gasteiger partial charge in [-0.1, -0.05) is 49.9 Å². The van der Waals surface area contributed by atoms with Gasteiger partial charge in [0.15, 0.2) is 0 Å². The lowest BCUT2D eigenvalue weighted by atomic mass is 9.78. The molecule has 0 amide bonds. The summed E-state index contributed by atoms with van der Waals surface area (Å²) in [6.45, 7) is 5.56. The van der Waals surface area contributed by atoms with Crippen molar-refractivity contribution in [3.63, 3.8) is 0 Å². The van der Waals surface area contributed by atoms with Crippen molar-refractivity contribution in [1.82, 2.24) is 5.32 Å². The van der Waals surface area contributed by atoms with Crippen molar-refractivity contribution in [3.8, 4) is 0 Å². The highest BCUT2D eigenvalue weighted by Crippen LogP contribution is 2.29. The molecule has 1 aromatic carbocycles. The Labute approximate surface area is 120 Å². The summed E-state index contributed by atoms with van der Waals surface area (Å²) in [4.78, 5) is 0. The summed E-state index contributed by atoms with van der Waals surface area (Å²) in [7, 11) is 0. The lowest BCUT2D eigenvalue weighted by Crippen LogP contribution is -2.40. The summed E-state index contributed by atoms with van der Waals surface area (Å²) in [5.41, 5.74) is 1.16. The molecule has 3 heteroatoms. The highest BCUT2D eigenvalue weighted by molar-refractivity contribution is 6.34. The molecule has 1 aliphatic rings. The van der Waals surface area contributed by atoms with Crippen LogP contribution in [-0.2, 0) is 6.54 Å². The third kappa shape index (κ3) is 3.63. The lowest BCUT2D eigenvalue weighted by molar-refractivity contribution is 0.206. The highest BCUT2D eigenvalue weighted by atomic mass is 35.5. The van der Waals surface area contributed by atoms with Gasteiger partial charge in [-0.05, 0) is 42.0 Å². The Hall–Kier alpha value is -0.240. The Morgan fingerprint density at radius 1 is 1.11 bits per heavy atom. The summed E-state index contributed by atoms with van der Waals surface area (Å²) < 4.78 is 0. The predicted octanol–water partition coefficient (Wildman–Crippen LogP) is 4.91. The number of benzene rings is 1. The number of rotatable bonds is 3. The minimum atomic E-state index is 0.617. The first-order chi connectivity index (χ1) is 8.56. The highest BCUT2D eigenvalue weighted by Gasteiger charge is 2.26. The molecule has 0 saturated heterocycles. The molecule has 100 valence electrons. The van der Waals surface area contributed by atoms with E-state index >= 15 is 0 Å². The molecule has 1 nitrogen and oxygen atoms in total. The zero-order valence-corrected chi connectivity index (χ0v) is 12.6. The van der Waals surface area contributed by atoms with Crippen LogP contribution in [0.5, 0.6) is 0 Å². The van der Waals surface area contributed by atoms with Gasteiger partial charge in [0, 0.05) is 22.6 Å². The Kier molecular flexibility index (Phi) is 4.94. The molecule has 1 aliphatic carbocycles. The van der Waals surface area contributed by atoms with Gasteiger partial charge in [0.1, 0.15) is 0 Å². The minimum absolute atomic E-state index is 0.617. The summed E-state index contributed by atoms with van der Waals surface area (Å²) in [5.74, 6) is 1.56. The fourth-order valence-electron chi connectivity index (χ4n) is 2.83. The van der Waals surface area contributed by atoms with Crippen molar-refractivity contribution in [3.05, 3.63) is 33.8 Å². The van der Waals surface area contributed by atoms with E-state index in [4.69, 9.17) is 23.2 Å². The summed E-state index contributed by atoms with van der Waals surface area (Å²) in [6.07, 6.45) is 3.97. The van der Waals surface area contributed by atoms with Gasteiger partial charge in [0.2, 0.25) is 0 Å². The zero-order valence-electron chi connectivity index (χ0n) is 11.0. The normalized spacial score (nSPS) is 28.3. The minimum Gasteiger partial charge on any atom is -0.310 e. The molecular weight excluding hydrogens is 265 g/mol. The van der Waals surface area contributed by atoms with E-state index in [2.05, 4.69) is 19.2 Å². The largest absolute Gasteiger partial charge is 0.310 e. The molecule has 0 bridgehead atoms. The zero-order chi connectivity index (χ0) is 13.1. The molecule has 18 heavy (non-hydrogen) atoms. The van der Waals surface area contributed by atoms with E-state index in [1.165, 1.54) is 19.3 Å². The van der Waals surface area contributed by atoms with Crippen molar-refractivity contribution >= 4 is 23.2 Å². The van der Waals surface area contributed by atoms with Crippen LogP contribution in [-0.4, -0.2) is 6.04 Å². The van der Waals surface area contributed by atoms with Crippen LogP contribution in [0.2, 0.25) is 10.0 Å². The number of nitrogens with one attached hydrogen (secondary N) is 1. The lowest BCUT2D eigenvalue weighted by Gasteiger charge is -2.34. The van der Waals surface area contributed by atoms with Crippen molar-refractivity contribution in [1.29, 1.82) is 0 Å². The maximum absolute atomic E-state index is 6.01. The van der Waals surface area contributed by atoms with Crippen LogP contribution in [0.25, 0.3) is 0 Å². The molecule has 1 saturated carbocycles. The molecule has 0 radical (unpaired) electrons. The Balaban J connectivity index is 1.94. The molecule has 3 unspecified atom stereocenters. The maximum atomic E-state index is 6.01. The van der Waals surface area contributed by atoms with Crippen LogP contribution >= 0.6 is 23.2 Å². The van der Waals surface area contributed by atoms with Crippen LogP contribution in [0.4, 0.5) is 0 Å². The molecule has 0 heterocycles. The molecule has 3 atom stereocenters. The summed E-state index contributed by atoms with van der Waals surface area (Å²) >= 11 is 12.0. The van der Waals surface area contributed by atoms with Gasteiger partial charge in [-0.2, -0.15) is 0 Å². The average Bonchev–Trinajstić information content (AvgIpc) is 2.30. The Morgan fingerprint density at radius 2 is 1.78 bits per heavy atom.